The Labute approximate surface area is 110 Å². The van der Waals surface area contributed by atoms with Crippen molar-refractivity contribution in [3.63, 3.8) is 0 Å². The Morgan fingerprint density at radius 1 is 1.47 bits per heavy atom. The summed E-state index contributed by atoms with van der Waals surface area (Å²) in [4.78, 5) is 6.13. The maximum atomic E-state index is 10.1. The lowest BCUT2D eigenvalue weighted by molar-refractivity contribution is 0.0447. The molecule has 0 aliphatic carbocycles. The molecule has 0 spiro atoms. The van der Waals surface area contributed by atoms with Gasteiger partial charge in [0.1, 0.15) is 11.6 Å². The highest BCUT2D eigenvalue weighted by atomic mass is 35.5. The predicted molar refractivity (Wildman–Crippen MR) is 70.7 cm³/mol. The van der Waals surface area contributed by atoms with Gasteiger partial charge in [0.2, 0.25) is 0 Å². The third kappa shape index (κ3) is 2.76. The fourth-order valence-electron chi connectivity index (χ4n) is 2.09. The van der Waals surface area contributed by atoms with Crippen LogP contribution >= 0.6 is 23.2 Å². The molecule has 2 heterocycles. The molecular formula is C11H15Cl2N3O. The van der Waals surface area contributed by atoms with E-state index in [9.17, 15) is 5.11 Å². The first kappa shape index (κ1) is 12.7. The van der Waals surface area contributed by atoms with E-state index in [0.29, 0.717) is 22.4 Å². The average Bonchev–Trinajstić information content (AvgIpc) is 2.22. The minimum absolute atomic E-state index is 0.260. The first-order valence-electron chi connectivity index (χ1n) is 5.48. The molecule has 0 bridgehead atoms. The van der Waals surface area contributed by atoms with Crippen molar-refractivity contribution in [1.29, 1.82) is 0 Å². The Kier molecular flexibility index (Phi) is 3.39. The Balaban J connectivity index is 2.31. The number of pyridine rings is 1. The van der Waals surface area contributed by atoms with Crippen molar-refractivity contribution in [1.82, 2.24) is 4.98 Å². The topological polar surface area (TPSA) is 62.4 Å². The number of piperidine rings is 1. The first-order chi connectivity index (χ1) is 7.89. The van der Waals surface area contributed by atoms with Gasteiger partial charge in [0, 0.05) is 13.1 Å². The molecule has 0 aromatic carbocycles. The van der Waals surface area contributed by atoms with Crippen LogP contribution in [0.5, 0.6) is 0 Å². The van der Waals surface area contributed by atoms with Crippen molar-refractivity contribution in [3.05, 3.63) is 16.1 Å². The molecular weight excluding hydrogens is 261 g/mol. The second-order valence-electron chi connectivity index (χ2n) is 4.68. The van der Waals surface area contributed by atoms with Crippen molar-refractivity contribution in [2.45, 2.75) is 25.4 Å². The van der Waals surface area contributed by atoms with Crippen molar-refractivity contribution < 1.29 is 5.11 Å². The number of β-amino-alcohol motifs (C(OH)–C–C–N with tert-alkyl or cyclic N) is 1. The highest BCUT2D eigenvalue weighted by Gasteiger charge is 2.30. The lowest BCUT2D eigenvalue weighted by Crippen LogP contribution is -2.46. The Hall–Kier alpha value is -0.710. The van der Waals surface area contributed by atoms with Gasteiger partial charge in [-0.15, -0.1) is 0 Å². The standard InChI is InChI=1S/C11H15Cl2N3O/c1-11(17)3-2-4-16(6-11)10-8(13)5-7(12)9(14)15-10/h5,17H,2-4,6H2,1H3,(H2,14,15). The van der Waals surface area contributed by atoms with E-state index in [1.54, 1.807) is 6.07 Å². The van der Waals surface area contributed by atoms with Crippen LogP contribution in [-0.4, -0.2) is 28.8 Å². The number of nitrogens with zero attached hydrogens (tertiary/aromatic N) is 2. The summed E-state index contributed by atoms with van der Waals surface area (Å²) in [7, 11) is 0. The second-order valence-corrected chi connectivity index (χ2v) is 5.50. The van der Waals surface area contributed by atoms with Gasteiger partial charge >= 0.3 is 0 Å². The van der Waals surface area contributed by atoms with E-state index in [2.05, 4.69) is 4.98 Å². The third-order valence-electron chi connectivity index (χ3n) is 2.91. The predicted octanol–water partition coefficient (Wildman–Crippen LogP) is 2.32. The zero-order chi connectivity index (χ0) is 12.6. The molecule has 94 valence electrons. The number of rotatable bonds is 1. The summed E-state index contributed by atoms with van der Waals surface area (Å²) < 4.78 is 0. The van der Waals surface area contributed by atoms with Crippen LogP contribution in [0.1, 0.15) is 19.8 Å². The molecule has 3 N–H and O–H groups in total. The van der Waals surface area contributed by atoms with E-state index >= 15 is 0 Å². The van der Waals surface area contributed by atoms with Crippen molar-refractivity contribution in [2.24, 2.45) is 0 Å². The van der Waals surface area contributed by atoms with Crippen molar-refractivity contribution >= 4 is 34.8 Å². The smallest absolute Gasteiger partial charge is 0.150 e. The van der Waals surface area contributed by atoms with Gasteiger partial charge in [0.15, 0.2) is 0 Å². The lowest BCUT2D eigenvalue weighted by Gasteiger charge is -2.37. The molecule has 1 aromatic heterocycles. The van der Waals surface area contributed by atoms with Crippen LogP contribution in [0, 0.1) is 0 Å². The Morgan fingerprint density at radius 2 is 2.18 bits per heavy atom. The third-order valence-corrected chi connectivity index (χ3v) is 3.49. The number of nitrogen functional groups attached to an aromatic ring is 1. The van der Waals surface area contributed by atoms with Gasteiger partial charge in [0.25, 0.3) is 0 Å². The van der Waals surface area contributed by atoms with Gasteiger partial charge in [-0.05, 0) is 25.8 Å². The molecule has 1 aliphatic heterocycles. The number of anilines is 2. The molecule has 17 heavy (non-hydrogen) atoms. The quantitative estimate of drug-likeness (QED) is 0.826. The van der Waals surface area contributed by atoms with Gasteiger partial charge in [-0.25, -0.2) is 4.98 Å². The van der Waals surface area contributed by atoms with Crippen LogP contribution in [0.4, 0.5) is 11.6 Å². The molecule has 1 saturated heterocycles. The number of aliphatic hydroxyl groups is 1. The summed E-state index contributed by atoms with van der Waals surface area (Å²) in [5.74, 6) is 0.852. The summed E-state index contributed by atoms with van der Waals surface area (Å²) in [5.41, 5.74) is 4.96. The van der Waals surface area contributed by atoms with Crippen molar-refractivity contribution in [2.75, 3.05) is 23.7 Å². The van der Waals surface area contributed by atoms with E-state index < -0.39 is 5.60 Å². The minimum atomic E-state index is -0.711. The minimum Gasteiger partial charge on any atom is -0.388 e. The average molecular weight is 276 g/mol. The van der Waals surface area contributed by atoms with E-state index in [1.165, 1.54) is 0 Å². The monoisotopic (exact) mass is 275 g/mol. The molecule has 2 rings (SSSR count). The molecule has 0 saturated carbocycles. The Bertz CT molecular complexity index is 437. The summed E-state index contributed by atoms with van der Waals surface area (Å²) in [6.45, 7) is 3.12. The maximum absolute atomic E-state index is 10.1. The number of hydrogen-bond donors (Lipinski definition) is 2. The van der Waals surface area contributed by atoms with E-state index in [1.807, 2.05) is 11.8 Å². The number of aromatic nitrogens is 1. The normalized spacial score (nSPS) is 25.1. The SMILES string of the molecule is CC1(O)CCCN(c2nc(N)c(Cl)cc2Cl)C1. The van der Waals surface area contributed by atoms with Crippen molar-refractivity contribution in [3.8, 4) is 0 Å². The summed E-state index contributed by atoms with van der Waals surface area (Å²) in [5, 5.41) is 10.9. The highest BCUT2D eigenvalue weighted by Crippen LogP contribution is 2.33. The molecule has 0 amide bonds. The summed E-state index contributed by atoms with van der Waals surface area (Å²) in [6.07, 6.45) is 1.68. The largest absolute Gasteiger partial charge is 0.388 e. The first-order valence-corrected chi connectivity index (χ1v) is 6.23. The van der Waals surface area contributed by atoms with E-state index in [-0.39, 0.29) is 5.82 Å². The van der Waals surface area contributed by atoms with Crippen LogP contribution in [0.2, 0.25) is 10.0 Å². The molecule has 4 nitrogen and oxygen atoms in total. The van der Waals surface area contributed by atoms with Crippen LogP contribution in [0.15, 0.2) is 6.07 Å². The van der Waals surface area contributed by atoms with Gasteiger partial charge < -0.3 is 15.7 Å². The molecule has 1 fully saturated rings. The van der Waals surface area contributed by atoms with Gasteiger partial charge in [0.05, 0.1) is 15.6 Å². The fraction of sp³-hybridized carbons (Fsp3) is 0.545. The van der Waals surface area contributed by atoms with E-state index in [0.717, 1.165) is 19.4 Å². The van der Waals surface area contributed by atoms with Crippen LogP contribution in [0.3, 0.4) is 0 Å². The Morgan fingerprint density at radius 3 is 2.82 bits per heavy atom. The van der Waals surface area contributed by atoms with Crippen LogP contribution in [-0.2, 0) is 0 Å². The van der Waals surface area contributed by atoms with Gasteiger partial charge in [-0.3, -0.25) is 0 Å². The van der Waals surface area contributed by atoms with Crippen LogP contribution < -0.4 is 10.6 Å². The molecule has 1 atom stereocenters. The van der Waals surface area contributed by atoms with Gasteiger partial charge in [-0.2, -0.15) is 0 Å². The lowest BCUT2D eigenvalue weighted by atomic mass is 9.95. The fourth-order valence-corrected chi connectivity index (χ4v) is 2.57. The number of hydrogen-bond acceptors (Lipinski definition) is 4. The summed E-state index contributed by atoms with van der Waals surface area (Å²) >= 11 is 11.9. The summed E-state index contributed by atoms with van der Waals surface area (Å²) in [6, 6.07) is 1.59. The van der Waals surface area contributed by atoms with E-state index in [4.69, 9.17) is 28.9 Å². The number of nitrogens with two attached hydrogens (primary N) is 1. The maximum Gasteiger partial charge on any atom is 0.150 e. The zero-order valence-corrected chi connectivity index (χ0v) is 11.1. The molecule has 1 unspecified atom stereocenters. The zero-order valence-electron chi connectivity index (χ0n) is 9.58. The molecule has 1 aliphatic rings. The number of halogens is 2. The highest BCUT2D eigenvalue weighted by molar-refractivity contribution is 6.37. The second kappa shape index (κ2) is 4.52. The van der Waals surface area contributed by atoms with Crippen LogP contribution in [0.25, 0.3) is 0 Å². The molecule has 1 aromatic rings. The molecule has 0 radical (unpaired) electrons. The molecule has 6 heteroatoms. The van der Waals surface area contributed by atoms with Gasteiger partial charge in [-0.1, -0.05) is 23.2 Å².